The summed E-state index contributed by atoms with van der Waals surface area (Å²) in [5.41, 5.74) is 3.14. The predicted molar refractivity (Wildman–Crippen MR) is 92.7 cm³/mol. The van der Waals surface area contributed by atoms with Gasteiger partial charge in [0.1, 0.15) is 5.69 Å². The second kappa shape index (κ2) is 6.71. The van der Waals surface area contributed by atoms with Crippen molar-refractivity contribution in [3.63, 3.8) is 0 Å². The maximum Gasteiger partial charge on any atom is 0.301 e. The molecule has 25 heavy (non-hydrogen) atoms. The van der Waals surface area contributed by atoms with Crippen molar-refractivity contribution < 1.29 is 9.85 Å². The lowest BCUT2D eigenvalue weighted by molar-refractivity contribution is -0.393. The van der Waals surface area contributed by atoms with Gasteiger partial charge in [-0.3, -0.25) is 25.7 Å². The van der Waals surface area contributed by atoms with Gasteiger partial charge in [-0.15, -0.1) is 0 Å². The van der Waals surface area contributed by atoms with Crippen molar-refractivity contribution in [2.45, 2.75) is 0 Å². The lowest BCUT2D eigenvalue weighted by Gasteiger charge is -2.02. The Hall–Kier alpha value is -3.88. The number of hydrogen-bond donors (Lipinski definition) is 1. The molecule has 1 heterocycles. The van der Waals surface area contributed by atoms with Crippen LogP contribution in [0.2, 0.25) is 0 Å². The molecule has 0 aliphatic heterocycles. The van der Waals surface area contributed by atoms with Gasteiger partial charge < -0.3 is 0 Å². The molecule has 0 spiro atoms. The van der Waals surface area contributed by atoms with Crippen LogP contribution in [-0.2, 0) is 0 Å². The summed E-state index contributed by atoms with van der Waals surface area (Å²) in [6.07, 6.45) is 1.41. The number of aromatic nitrogens is 1. The number of rotatable bonds is 5. The third-order valence-electron chi connectivity index (χ3n) is 3.39. The van der Waals surface area contributed by atoms with Gasteiger partial charge in [-0.1, -0.05) is 24.3 Å². The summed E-state index contributed by atoms with van der Waals surface area (Å²) in [6.45, 7) is 0. The molecule has 0 atom stereocenters. The third kappa shape index (κ3) is 3.55. The highest BCUT2D eigenvalue weighted by Gasteiger charge is 2.19. The lowest BCUT2D eigenvalue weighted by Crippen LogP contribution is -1.99. The minimum absolute atomic E-state index is 0.0487. The molecule has 0 radical (unpaired) electrons. The van der Waals surface area contributed by atoms with E-state index in [9.17, 15) is 20.2 Å². The third-order valence-corrected chi connectivity index (χ3v) is 3.39. The molecular weight excluding hydrogens is 326 g/mol. The van der Waals surface area contributed by atoms with Crippen LogP contribution < -0.4 is 5.43 Å². The van der Waals surface area contributed by atoms with Gasteiger partial charge in [-0.25, -0.2) is 4.98 Å². The molecule has 0 aliphatic carbocycles. The van der Waals surface area contributed by atoms with Crippen LogP contribution in [0.4, 0.5) is 17.1 Å². The van der Waals surface area contributed by atoms with Gasteiger partial charge in [0.2, 0.25) is 0 Å². The predicted octanol–water partition coefficient (Wildman–Crippen LogP) is 3.50. The maximum atomic E-state index is 11.1. The van der Waals surface area contributed by atoms with E-state index in [0.29, 0.717) is 5.69 Å². The van der Waals surface area contributed by atoms with E-state index in [-0.39, 0.29) is 11.4 Å². The molecule has 3 aromatic rings. The molecule has 0 fully saturated rings. The van der Waals surface area contributed by atoms with Gasteiger partial charge >= 0.3 is 5.69 Å². The molecule has 0 bridgehead atoms. The number of nitrogens with one attached hydrogen (secondary N) is 1. The lowest BCUT2D eigenvalue weighted by atomic mass is 10.2. The Morgan fingerprint density at radius 2 is 1.80 bits per heavy atom. The van der Waals surface area contributed by atoms with Gasteiger partial charge in [0.05, 0.1) is 33.3 Å². The first-order valence-corrected chi connectivity index (χ1v) is 7.12. The summed E-state index contributed by atoms with van der Waals surface area (Å²) in [6, 6.07) is 14.5. The number of anilines is 1. The number of benzene rings is 2. The van der Waals surface area contributed by atoms with Crippen LogP contribution in [0.3, 0.4) is 0 Å². The van der Waals surface area contributed by atoms with Crippen molar-refractivity contribution in [2.75, 3.05) is 5.43 Å². The Bertz CT molecular complexity index is 1000. The second-order valence-corrected chi connectivity index (χ2v) is 5.01. The molecule has 0 saturated heterocycles. The minimum Gasteiger partial charge on any atom is -0.272 e. The van der Waals surface area contributed by atoms with Gasteiger partial charge in [0.15, 0.2) is 0 Å². The zero-order valence-corrected chi connectivity index (χ0v) is 12.7. The van der Waals surface area contributed by atoms with Crippen LogP contribution >= 0.6 is 0 Å². The van der Waals surface area contributed by atoms with Crippen LogP contribution in [0.1, 0.15) is 5.69 Å². The van der Waals surface area contributed by atoms with E-state index < -0.39 is 15.5 Å². The molecule has 9 nitrogen and oxygen atoms in total. The summed E-state index contributed by atoms with van der Waals surface area (Å²) in [7, 11) is 0. The summed E-state index contributed by atoms with van der Waals surface area (Å²) >= 11 is 0. The smallest absolute Gasteiger partial charge is 0.272 e. The molecule has 1 aromatic heterocycles. The van der Waals surface area contributed by atoms with E-state index in [1.807, 2.05) is 30.3 Å². The van der Waals surface area contributed by atoms with E-state index >= 15 is 0 Å². The highest BCUT2D eigenvalue weighted by atomic mass is 16.6. The molecule has 1 N–H and O–H groups in total. The van der Waals surface area contributed by atoms with E-state index in [1.165, 1.54) is 18.3 Å². The number of nitro benzene ring substituents is 2. The summed E-state index contributed by atoms with van der Waals surface area (Å²) in [4.78, 5) is 24.8. The van der Waals surface area contributed by atoms with Gasteiger partial charge in [-0.05, 0) is 18.2 Å². The van der Waals surface area contributed by atoms with Gasteiger partial charge in [-0.2, -0.15) is 5.10 Å². The highest BCUT2D eigenvalue weighted by molar-refractivity contribution is 5.85. The number of fused-ring (bicyclic) bond motifs is 1. The standard InChI is InChI=1S/C16H11N5O4/c22-20(23)13-7-8-15(16(9-13)21(24)25)19-17-10-12-6-5-11-3-1-2-4-14(11)18-12/h1-10,19H/b17-10+. The number of pyridine rings is 1. The fourth-order valence-corrected chi connectivity index (χ4v) is 2.20. The van der Waals surface area contributed by atoms with Gasteiger partial charge in [0, 0.05) is 11.5 Å². The second-order valence-electron chi connectivity index (χ2n) is 5.01. The van der Waals surface area contributed by atoms with Crippen molar-refractivity contribution in [3.05, 3.63) is 80.5 Å². The van der Waals surface area contributed by atoms with E-state index in [2.05, 4.69) is 15.5 Å². The van der Waals surface area contributed by atoms with Crippen molar-refractivity contribution in [3.8, 4) is 0 Å². The van der Waals surface area contributed by atoms with Crippen LogP contribution in [-0.4, -0.2) is 21.0 Å². The summed E-state index contributed by atoms with van der Waals surface area (Å²) in [5, 5.41) is 26.7. The fourth-order valence-electron chi connectivity index (χ4n) is 2.20. The topological polar surface area (TPSA) is 124 Å². The first-order chi connectivity index (χ1) is 12.0. The Balaban J connectivity index is 1.83. The molecule has 0 saturated carbocycles. The molecule has 0 amide bonds. The normalized spacial score (nSPS) is 10.9. The quantitative estimate of drug-likeness (QED) is 0.432. The minimum atomic E-state index is -0.709. The number of hydrazone groups is 1. The number of nitro groups is 2. The van der Waals surface area contributed by atoms with Crippen LogP contribution in [0.15, 0.2) is 59.7 Å². The summed E-state index contributed by atoms with van der Waals surface area (Å²) < 4.78 is 0. The molecular formula is C16H11N5O4. The molecule has 2 aromatic carbocycles. The van der Waals surface area contributed by atoms with E-state index in [0.717, 1.165) is 17.0 Å². The Kier molecular flexibility index (Phi) is 4.29. The van der Waals surface area contributed by atoms with Gasteiger partial charge in [0.25, 0.3) is 5.69 Å². The van der Waals surface area contributed by atoms with Crippen LogP contribution in [0, 0.1) is 20.2 Å². The van der Waals surface area contributed by atoms with E-state index in [1.54, 1.807) is 6.07 Å². The summed E-state index contributed by atoms with van der Waals surface area (Å²) in [5.74, 6) is 0. The Labute approximate surface area is 140 Å². The van der Waals surface area contributed by atoms with Crippen LogP contribution in [0.5, 0.6) is 0 Å². The first-order valence-electron chi connectivity index (χ1n) is 7.12. The average Bonchev–Trinajstić information content (AvgIpc) is 2.61. The SMILES string of the molecule is O=[N+]([O-])c1ccc(N/N=C/c2ccc3ccccc3n2)c([N+](=O)[O-])c1. The Morgan fingerprint density at radius 1 is 1.00 bits per heavy atom. The highest BCUT2D eigenvalue weighted by Crippen LogP contribution is 2.28. The van der Waals surface area contributed by atoms with Crippen molar-refractivity contribution in [1.82, 2.24) is 4.98 Å². The van der Waals surface area contributed by atoms with Crippen LogP contribution in [0.25, 0.3) is 10.9 Å². The monoisotopic (exact) mass is 337 g/mol. The zero-order chi connectivity index (χ0) is 17.8. The molecule has 9 heteroatoms. The molecule has 0 unspecified atom stereocenters. The zero-order valence-electron chi connectivity index (χ0n) is 12.7. The van der Waals surface area contributed by atoms with E-state index in [4.69, 9.17) is 0 Å². The van der Waals surface area contributed by atoms with Crippen molar-refractivity contribution >= 4 is 34.2 Å². The number of para-hydroxylation sites is 1. The maximum absolute atomic E-state index is 11.1. The molecule has 124 valence electrons. The number of nitrogens with zero attached hydrogens (tertiary/aromatic N) is 4. The number of hydrogen-bond acceptors (Lipinski definition) is 7. The fraction of sp³-hybridized carbons (Fsp3) is 0. The first kappa shape index (κ1) is 16.0. The Morgan fingerprint density at radius 3 is 2.56 bits per heavy atom. The average molecular weight is 337 g/mol. The number of non-ortho nitro benzene ring substituents is 1. The van der Waals surface area contributed by atoms with Crippen molar-refractivity contribution in [1.29, 1.82) is 0 Å². The molecule has 3 rings (SSSR count). The largest absolute Gasteiger partial charge is 0.301 e. The molecule has 0 aliphatic rings. The van der Waals surface area contributed by atoms with Crippen molar-refractivity contribution in [2.24, 2.45) is 5.10 Å².